The van der Waals surface area contributed by atoms with Gasteiger partial charge in [0.15, 0.2) is 0 Å². The zero-order chi connectivity index (χ0) is 21.8. The molecule has 2 aromatic rings. The molecule has 2 fully saturated rings. The molecule has 31 heavy (non-hydrogen) atoms. The number of hydrogen-bond acceptors (Lipinski definition) is 2. The first-order valence-electron chi connectivity index (χ1n) is 11.2. The summed E-state index contributed by atoms with van der Waals surface area (Å²) < 4.78 is 44.2. The van der Waals surface area contributed by atoms with Crippen molar-refractivity contribution in [1.29, 1.82) is 0 Å². The zero-order valence-corrected chi connectivity index (χ0v) is 18.3. The average molecular weight is 452 g/mol. The predicted octanol–water partition coefficient (Wildman–Crippen LogP) is 7.38. The molecule has 1 saturated heterocycles. The number of hydrogen-bond donors (Lipinski definition) is 0. The van der Waals surface area contributed by atoms with Crippen molar-refractivity contribution in [3.8, 4) is 5.75 Å². The molecular weight excluding hydrogens is 423 g/mol. The lowest BCUT2D eigenvalue weighted by atomic mass is 9.76. The van der Waals surface area contributed by atoms with Gasteiger partial charge in [0.25, 0.3) is 0 Å². The molecule has 1 heterocycles. The third-order valence-electron chi connectivity index (χ3n) is 6.67. The van der Waals surface area contributed by atoms with Crippen molar-refractivity contribution in [1.82, 2.24) is 4.90 Å². The fourth-order valence-corrected chi connectivity index (χ4v) is 4.93. The van der Waals surface area contributed by atoms with Crippen LogP contribution in [0.2, 0.25) is 5.02 Å². The second-order valence-corrected chi connectivity index (χ2v) is 9.31. The Labute approximate surface area is 187 Å². The molecule has 1 aliphatic carbocycles. The molecule has 0 radical (unpaired) electrons. The molecule has 0 bridgehead atoms. The van der Waals surface area contributed by atoms with E-state index in [0.717, 1.165) is 49.5 Å². The molecule has 2 aromatic carbocycles. The Balaban J connectivity index is 1.42. The second-order valence-electron chi connectivity index (χ2n) is 8.88. The number of nitrogens with zero attached hydrogens (tertiary/aromatic N) is 1. The molecular formula is C25H29ClF3NO. The molecule has 1 saturated carbocycles. The lowest BCUT2D eigenvalue weighted by Gasteiger charge is -2.42. The molecule has 2 aliphatic rings. The van der Waals surface area contributed by atoms with Crippen LogP contribution in [0.5, 0.6) is 5.75 Å². The van der Waals surface area contributed by atoms with E-state index in [-0.39, 0.29) is 0 Å². The topological polar surface area (TPSA) is 12.5 Å². The Hall–Kier alpha value is -1.72. The number of benzene rings is 2. The van der Waals surface area contributed by atoms with Crippen LogP contribution in [-0.4, -0.2) is 24.6 Å². The maximum absolute atomic E-state index is 12.8. The summed E-state index contributed by atoms with van der Waals surface area (Å²) in [5, 5.41) is 0.759. The summed E-state index contributed by atoms with van der Waals surface area (Å²) in [5.41, 5.74) is 0.685. The lowest BCUT2D eigenvalue weighted by Crippen LogP contribution is -2.39. The van der Waals surface area contributed by atoms with Gasteiger partial charge in [0.1, 0.15) is 5.75 Å². The zero-order valence-electron chi connectivity index (χ0n) is 17.6. The summed E-state index contributed by atoms with van der Waals surface area (Å²) in [5.74, 6) is 1.53. The van der Waals surface area contributed by atoms with E-state index in [1.54, 1.807) is 0 Å². The number of likely N-dealkylation sites (tertiary alicyclic amines) is 1. The quantitative estimate of drug-likeness (QED) is 0.454. The monoisotopic (exact) mass is 451 g/mol. The van der Waals surface area contributed by atoms with E-state index >= 15 is 0 Å². The molecule has 2 atom stereocenters. The van der Waals surface area contributed by atoms with Gasteiger partial charge in [0, 0.05) is 23.5 Å². The summed E-state index contributed by atoms with van der Waals surface area (Å²) in [4.78, 5) is 2.61. The summed E-state index contributed by atoms with van der Waals surface area (Å²) in [6, 6.07) is 13.7. The maximum atomic E-state index is 12.8. The molecule has 0 spiro atoms. The first-order chi connectivity index (χ1) is 14.9. The molecule has 1 aliphatic heterocycles. The smallest absolute Gasteiger partial charge is 0.416 e. The predicted molar refractivity (Wildman–Crippen MR) is 117 cm³/mol. The molecule has 2 unspecified atom stereocenters. The van der Waals surface area contributed by atoms with Crippen LogP contribution < -0.4 is 4.74 Å². The van der Waals surface area contributed by atoms with Crippen molar-refractivity contribution in [2.45, 2.75) is 50.7 Å². The first-order valence-corrected chi connectivity index (χ1v) is 11.6. The van der Waals surface area contributed by atoms with Crippen LogP contribution in [0.1, 0.15) is 55.7 Å². The van der Waals surface area contributed by atoms with Crippen LogP contribution in [0, 0.1) is 11.8 Å². The van der Waals surface area contributed by atoms with Gasteiger partial charge in [-0.05, 0) is 80.1 Å². The third-order valence-corrected chi connectivity index (χ3v) is 6.92. The minimum absolute atomic E-state index is 0.361. The first kappa shape index (κ1) is 22.5. The van der Waals surface area contributed by atoms with Gasteiger partial charge in [-0.1, -0.05) is 36.6 Å². The van der Waals surface area contributed by atoms with Gasteiger partial charge >= 0.3 is 6.18 Å². The van der Waals surface area contributed by atoms with Crippen LogP contribution in [-0.2, 0) is 6.18 Å². The van der Waals surface area contributed by atoms with E-state index in [1.165, 1.54) is 37.0 Å². The van der Waals surface area contributed by atoms with E-state index in [4.69, 9.17) is 16.3 Å². The van der Waals surface area contributed by atoms with Gasteiger partial charge in [0.2, 0.25) is 0 Å². The van der Waals surface area contributed by atoms with Crippen molar-refractivity contribution in [3.05, 3.63) is 64.7 Å². The van der Waals surface area contributed by atoms with Gasteiger partial charge in [-0.25, -0.2) is 0 Å². The summed E-state index contributed by atoms with van der Waals surface area (Å²) in [6.07, 6.45) is 2.88. The molecule has 0 amide bonds. The highest BCUT2D eigenvalue weighted by atomic mass is 35.5. The van der Waals surface area contributed by atoms with E-state index in [0.29, 0.717) is 30.2 Å². The Morgan fingerprint density at radius 2 is 1.65 bits per heavy atom. The largest absolute Gasteiger partial charge is 0.493 e. The van der Waals surface area contributed by atoms with E-state index in [1.807, 2.05) is 12.1 Å². The molecule has 2 nitrogen and oxygen atoms in total. The van der Waals surface area contributed by atoms with Crippen LogP contribution in [0.15, 0.2) is 48.5 Å². The minimum Gasteiger partial charge on any atom is -0.493 e. The average Bonchev–Trinajstić information content (AvgIpc) is 2.95. The van der Waals surface area contributed by atoms with Gasteiger partial charge in [-0.3, -0.25) is 4.90 Å². The number of alkyl halides is 3. The third kappa shape index (κ3) is 5.75. The minimum atomic E-state index is -4.32. The molecule has 0 aromatic heterocycles. The highest BCUT2D eigenvalue weighted by molar-refractivity contribution is 6.30. The fraction of sp³-hybridized carbons (Fsp3) is 0.520. The highest BCUT2D eigenvalue weighted by Crippen LogP contribution is 2.43. The summed E-state index contributed by atoms with van der Waals surface area (Å²) >= 11 is 6.12. The van der Waals surface area contributed by atoms with Crippen molar-refractivity contribution in [3.63, 3.8) is 0 Å². The Kier molecular flexibility index (Phi) is 7.12. The number of rotatable bonds is 6. The Morgan fingerprint density at radius 1 is 0.935 bits per heavy atom. The molecule has 4 rings (SSSR count). The van der Waals surface area contributed by atoms with E-state index in [9.17, 15) is 13.2 Å². The van der Waals surface area contributed by atoms with Gasteiger partial charge < -0.3 is 4.74 Å². The van der Waals surface area contributed by atoms with Crippen LogP contribution in [0.4, 0.5) is 13.2 Å². The van der Waals surface area contributed by atoms with Gasteiger partial charge in [-0.2, -0.15) is 13.2 Å². The maximum Gasteiger partial charge on any atom is 0.416 e. The van der Waals surface area contributed by atoms with Crippen molar-refractivity contribution >= 4 is 11.6 Å². The molecule has 6 heteroatoms. The van der Waals surface area contributed by atoms with Crippen molar-refractivity contribution in [2.24, 2.45) is 11.8 Å². The van der Waals surface area contributed by atoms with Crippen LogP contribution >= 0.6 is 11.6 Å². The molecule has 168 valence electrons. The summed E-state index contributed by atoms with van der Waals surface area (Å²) in [7, 11) is 0. The fourth-order valence-electron chi connectivity index (χ4n) is 4.80. The Morgan fingerprint density at radius 3 is 2.26 bits per heavy atom. The molecule has 0 N–H and O–H groups in total. The second kappa shape index (κ2) is 9.83. The normalized spacial score (nSPS) is 21.9. The highest BCUT2D eigenvalue weighted by Gasteiger charge is 2.35. The Bertz CT molecular complexity index is 833. The number of halogens is 4. The van der Waals surface area contributed by atoms with Crippen molar-refractivity contribution < 1.29 is 17.9 Å². The van der Waals surface area contributed by atoms with Crippen LogP contribution in [0.25, 0.3) is 0 Å². The summed E-state index contributed by atoms with van der Waals surface area (Å²) in [6.45, 7) is 2.55. The van der Waals surface area contributed by atoms with Gasteiger partial charge in [-0.15, -0.1) is 0 Å². The number of ether oxygens (including phenoxy) is 1. The standard InChI is InChI=1S/C25H29ClF3NO/c26-22-11-7-20(8-12-22)24(19-5-3-6-19)30-15-2-1-4-18(16-30)17-31-23-13-9-21(10-14-23)25(27,28)29/h7-14,18-19,24H,1-6,15-17H2. The lowest BCUT2D eigenvalue weighted by molar-refractivity contribution is -0.137. The van der Waals surface area contributed by atoms with Crippen molar-refractivity contribution in [2.75, 3.05) is 19.7 Å². The van der Waals surface area contributed by atoms with Crippen LogP contribution in [0.3, 0.4) is 0 Å². The van der Waals surface area contributed by atoms with E-state index in [2.05, 4.69) is 17.0 Å². The SMILES string of the molecule is FC(F)(F)c1ccc(OCC2CCCCN(C(c3ccc(Cl)cc3)C3CCC3)C2)cc1. The van der Waals surface area contributed by atoms with Gasteiger partial charge in [0.05, 0.1) is 12.2 Å². The van der Waals surface area contributed by atoms with E-state index < -0.39 is 11.7 Å².